The predicted octanol–water partition coefficient (Wildman–Crippen LogP) is 2.96. The lowest BCUT2D eigenvalue weighted by atomic mass is 9.87. The zero-order chi connectivity index (χ0) is 17.2. The highest BCUT2D eigenvalue weighted by Crippen LogP contribution is 2.30. The Morgan fingerprint density at radius 1 is 1.16 bits per heavy atom. The average molecular weight is 338 g/mol. The van der Waals surface area contributed by atoms with Crippen LogP contribution < -0.4 is 5.32 Å². The number of rotatable bonds is 4. The van der Waals surface area contributed by atoms with Crippen molar-refractivity contribution in [2.45, 2.75) is 50.7 Å². The smallest absolute Gasteiger partial charge is 0.243 e. The standard InChI is InChI=1S/C20H22N2O3/c23-19-11-10-18(22(19)13-15-7-4-12-25-15)20(24)21-17-9-3-6-14-5-1-2-8-16(14)17/h1-2,4-5,7-8,12,17-18H,3,6,9-11,13H2,(H,21,24). The molecule has 2 unspecified atom stereocenters. The first-order chi connectivity index (χ1) is 12.2. The molecule has 1 saturated heterocycles. The van der Waals surface area contributed by atoms with Crippen molar-refractivity contribution in [3.05, 3.63) is 59.5 Å². The largest absolute Gasteiger partial charge is 0.467 e. The lowest BCUT2D eigenvalue weighted by molar-refractivity contribution is -0.136. The molecule has 5 nitrogen and oxygen atoms in total. The monoisotopic (exact) mass is 338 g/mol. The summed E-state index contributed by atoms with van der Waals surface area (Å²) in [5, 5.41) is 3.18. The Hall–Kier alpha value is -2.56. The van der Waals surface area contributed by atoms with E-state index in [1.54, 1.807) is 17.2 Å². The van der Waals surface area contributed by atoms with Crippen LogP contribution in [0, 0.1) is 0 Å². The molecule has 2 aliphatic rings. The normalized spacial score (nSPS) is 22.7. The zero-order valence-corrected chi connectivity index (χ0v) is 14.1. The van der Waals surface area contributed by atoms with E-state index in [0.717, 1.165) is 19.3 Å². The molecule has 1 aromatic heterocycles. The van der Waals surface area contributed by atoms with Crippen LogP contribution in [0.1, 0.15) is 48.6 Å². The van der Waals surface area contributed by atoms with E-state index in [2.05, 4.69) is 17.4 Å². The molecule has 1 aliphatic heterocycles. The average Bonchev–Trinajstić information content (AvgIpc) is 3.26. The van der Waals surface area contributed by atoms with Gasteiger partial charge < -0.3 is 14.6 Å². The Bertz CT molecular complexity index is 769. The van der Waals surface area contributed by atoms with Gasteiger partial charge in [-0.1, -0.05) is 24.3 Å². The number of furan rings is 1. The molecule has 1 aliphatic carbocycles. The van der Waals surface area contributed by atoms with Crippen molar-refractivity contribution in [3.8, 4) is 0 Å². The van der Waals surface area contributed by atoms with Crippen molar-refractivity contribution in [2.75, 3.05) is 0 Å². The van der Waals surface area contributed by atoms with Crippen molar-refractivity contribution < 1.29 is 14.0 Å². The summed E-state index contributed by atoms with van der Waals surface area (Å²) < 4.78 is 5.34. The first-order valence-electron chi connectivity index (χ1n) is 8.92. The second-order valence-corrected chi connectivity index (χ2v) is 6.81. The Kier molecular flexibility index (Phi) is 4.30. The molecule has 25 heavy (non-hydrogen) atoms. The zero-order valence-electron chi connectivity index (χ0n) is 14.1. The number of carbonyl (C=O) groups is 2. The van der Waals surface area contributed by atoms with Gasteiger partial charge in [0.2, 0.25) is 11.8 Å². The molecule has 4 rings (SSSR count). The van der Waals surface area contributed by atoms with Crippen LogP contribution in [0.15, 0.2) is 47.1 Å². The van der Waals surface area contributed by atoms with Gasteiger partial charge in [-0.05, 0) is 48.9 Å². The number of amides is 2. The topological polar surface area (TPSA) is 62.6 Å². The molecule has 130 valence electrons. The van der Waals surface area contributed by atoms with Crippen molar-refractivity contribution in [3.63, 3.8) is 0 Å². The minimum absolute atomic E-state index is 0.0144. The number of benzene rings is 1. The van der Waals surface area contributed by atoms with Crippen LogP contribution >= 0.6 is 0 Å². The molecule has 5 heteroatoms. The molecular weight excluding hydrogens is 316 g/mol. The van der Waals surface area contributed by atoms with Crippen LogP contribution in [0.4, 0.5) is 0 Å². The van der Waals surface area contributed by atoms with E-state index in [1.807, 2.05) is 18.2 Å². The number of hydrogen-bond acceptors (Lipinski definition) is 3. The molecule has 2 heterocycles. The minimum atomic E-state index is -0.410. The van der Waals surface area contributed by atoms with E-state index < -0.39 is 6.04 Å². The van der Waals surface area contributed by atoms with Crippen molar-refractivity contribution in [2.24, 2.45) is 0 Å². The fourth-order valence-corrected chi connectivity index (χ4v) is 3.95. The molecule has 1 fully saturated rings. The molecule has 1 aromatic carbocycles. The first kappa shape index (κ1) is 15.9. The first-order valence-corrected chi connectivity index (χ1v) is 8.92. The third-order valence-electron chi connectivity index (χ3n) is 5.22. The highest BCUT2D eigenvalue weighted by molar-refractivity contribution is 5.91. The number of hydrogen-bond donors (Lipinski definition) is 1. The van der Waals surface area contributed by atoms with Gasteiger partial charge in [-0.3, -0.25) is 9.59 Å². The van der Waals surface area contributed by atoms with E-state index >= 15 is 0 Å². The van der Waals surface area contributed by atoms with Crippen LogP contribution in [-0.2, 0) is 22.6 Å². The van der Waals surface area contributed by atoms with Gasteiger partial charge in [0.1, 0.15) is 11.8 Å². The summed E-state index contributed by atoms with van der Waals surface area (Å²) in [6, 6.07) is 11.6. The summed E-state index contributed by atoms with van der Waals surface area (Å²) in [6.45, 7) is 0.352. The van der Waals surface area contributed by atoms with E-state index in [-0.39, 0.29) is 17.9 Å². The summed E-state index contributed by atoms with van der Waals surface area (Å²) in [6.07, 6.45) is 5.65. The third kappa shape index (κ3) is 3.18. The molecule has 0 bridgehead atoms. The predicted molar refractivity (Wildman–Crippen MR) is 92.5 cm³/mol. The highest BCUT2D eigenvalue weighted by atomic mass is 16.3. The summed E-state index contributed by atoms with van der Waals surface area (Å²) >= 11 is 0. The van der Waals surface area contributed by atoms with Gasteiger partial charge in [0.15, 0.2) is 0 Å². The number of aryl methyl sites for hydroxylation is 1. The Morgan fingerprint density at radius 3 is 2.88 bits per heavy atom. The molecule has 2 atom stereocenters. The van der Waals surface area contributed by atoms with E-state index in [1.165, 1.54) is 11.1 Å². The number of fused-ring (bicyclic) bond motifs is 1. The fraction of sp³-hybridized carbons (Fsp3) is 0.400. The maximum atomic E-state index is 12.9. The molecule has 0 radical (unpaired) electrons. The summed E-state index contributed by atoms with van der Waals surface area (Å²) in [4.78, 5) is 26.7. The van der Waals surface area contributed by atoms with Gasteiger partial charge in [0.25, 0.3) is 0 Å². The number of likely N-dealkylation sites (tertiary alicyclic amines) is 1. The van der Waals surface area contributed by atoms with Gasteiger partial charge in [-0.2, -0.15) is 0 Å². The van der Waals surface area contributed by atoms with E-state index in [9.17, 15) is 9.59 Å². The Balaban J connectivity index is 1.48. The van der Waals surface area contributed by atoms with E-state index in [0.29, 0.717) is 25.1 Å². The maximum absolute atomic E-state index is 12.9. The fourth-order valence-electron chi connectivity index (χ4n) is 3.95. The van der Waals surface area contributed by atoms with Crippen molar-refractivity contribution in [1.82, 2.24) is 10.2 Å². The van der Waals surface area contributed by atoms with Crippen LogP contribution in [0.25, 0.3) is 0 Å². The maximum Gasteiger partial charge on any atom is 0.243 e. The molecule has 0 spiro atoms. The number of carbonyl (C=O) groups excluding carboxylic acids is 2. The van der Waals surface area contributed by atoms with E-state index in [4.69, 9.17) is 4.42 Å². The van der Waals surface area contributed by atoms with Crippen LogP contribution in [0.5, 0.6) is 0 Å². The van der Waals surface area contributed by atoms with Crippen molar-refractivity contribution >= 4 is 11.8 Å². The molecule has 2 amide bonds. The van der Waals surface area contributed by atoms with Crippen LogP contribution in [0.2, 0.25) is 0 Å². The molecule has 2 aromatic rings. The van der Waals surface area contributed by atoms with Gasteiger partial charge in [0, 0.05) is 6.42 Å². The van der Waals surface area contributed by atoms with Gasteiger partial charge in [0.05, 0.1) is 18.8 Å². The molecule has 1 N–H and O–H groups in total. The quantitative estimate of drug-likeness (QED) is 0.932. The van der Waals surface area contributed by atoms with Crippen LogP contribution in [-0.4, -0.2) is 22.8 Å². The lowest BCUT2D eigenvalue weighted by Crippen LogP contribution is -2.45. The van der Waals surface area contributed by atoms with Gasteiger partial charge >= 0.3 is 0 Å². The van der Waals surface area contributed by atoms with Gasteiger partial charge in [-0.15, -0.1) is 0 Å². The third-order valence-corrected chi connectivity index (χ3v) is 5.22. The van der Waals surface area contributed by atoms with Crippen LogP contribution in [0.3, 0.4) is 0 Å². The molecular formula is C20H22N2O3. The minimum Gasteiger partial charge on any atom is -0.467 e. The summed E-state index contributed by atoms with van der Waals surface area (Å²) in [5.41, 5.74) is 2.53. The second-order valence-electron chi connectivity index (χ2n) is 6.81. The molecule has 0 saturated carbocycles. The Labute approximate surface area is 147 Å². The second kappa shape index (κ2) is 6.75. The summed E-state index contributed by atoms with van der Waals surface area (Å²) in [5.74, 6) is 0.663. The highest BCUT2D eigenvalue weighted by Gasteiger charge is 2.37. The number of nitrogens with one attached hydrogen (secondary N) is 1. The number of nitrogens with zero attached hydrogens (tertiary/aromatic N) is 1. The van der Waals surface area contributed by atoms with Crippen molar-refractivity contribution in [1.29, 1.82) is 0 Å². The lowest BCUT2D eigenvalue weighted by Gasteiger charge is -2.29. The summed E-state index contributed by atoms with van der Waals surface area (Å²) in [7, 11) is 0. The SMILES string of the molecule is O=C(NC1CCCc2ccccc21)C1CCC(=O)N1Cc1ccco1. The Morgan fingerprint density at radius 2 is 2.04 bits per heavy atom. The van der Waals surface area contributed by atoms with Gasteiger partial charge in [-0.25, -0.2) is 0 Å².